The molecule has 0 amide bonds. The summed E-state index contributed by atoms with van der Waals surface area (Å²) in [6, 6.07) is 12.4. The lowest BCUT2D eigenvalue weighted by molar-refractivity contribution is 0.475. The Hall–Kier alpha value is -2.16. The number of phenols is 1. The Balaban J connectivity index is 0.000000165. The molecular weight excluding hydrogens is 200 g/mol. The average molecular weight is 214 g/mol. The van der Waals surface area contributed by atoms with Gasteiger partial charge in [0.25, 0.3) is 0 Å². The maximum Gasteiger partial charge on any atom is 0.115 e. The smallest absolute Gasteiger partial charge is 0.115 e. The first-order chi connectivity index (χ1) is 7.72. The Bertz CT molecular complexity index is 423. The van der Waals surface area contributed by atoms with E-state index in [4.69, 9.17) is 5.11 Å². The van der Waals surface area contributed by atoms with E-state index in [0.717, 1.165) is 11.4 Å². The number of phenolic OH excluding ortho intramolecular Hbond substituents is 1. The summed E-state index contributed by atoms with van der Waals surface area (Å²) < 4.78 is 0. The minimum Gasteiger partial charge on any atom is -0.508 e. The number of hydrogen-bond donors (Lipinski definition) is 1. The number of hydrogen-bond acceptors (Lipinski definition) is 3. The minimum atomic E-state index is 0.252. The van der Waals surface area contributed by atoms with Crippen molar-refractivity contribution in [2.24, 2.45) is 4.99 Å². The summed E-state index contributed by atoms with van der Waals surface area (Å²) in [4.78, 5) is 7.63. The molecule has 2 aromatic rings. The molecule has 0 radical (unpaired) electrons. The topological polar surface area (TPSA) is 45.5 Å². The average Bonchev–Trinajstić information content (AvgIpc) is 2.32. The van der Waals surface area contributed by atoms with Crippen LogP contribution in [-0.2, 0) is 0 Å². The molecule has 1 aromatic carbocycles. The number of aliphatic imine (C=N–C) groups is 1. The van der Waals surface area contributed by atoms with Crippen molar-refractivity contribution in [2.45, 2.75) is 6.92 Å². The van der Waals surface area contributed by atoms with E-state index >= 15 is 0 Å². The Morgan fingerprint density at radius 3 is 2.19 bits per heavy atom. The van der Waals surface area contributed by atoms with Gasteiger partial charge in [0.05, 0.1) is 5.69 Å². The van der Waals surface area contributed by atoms with Gasteiger partial charge in [-0.1, -0.05) is 6.07 Å². The molecule has 0 unspecified atom stereocenters. The van der Waals surface area contributed by atoms with Crippen LogP contribution in [0.1, 0.15) is 5.69 Å². The monoisotopic (exact) mass is 214 g/mol. The van der Waals surface area contributed by atoms with Crippen molar-refractivity contribution in [2.75, 3.05) is 0 Å². The zero-order valence-corrected chi connectivity index (χ0v) is 9.17. The molecule has 16 heavy (non-hydrogen) atoms. The molecule has 0 spiro atoms. The van der Waals surface area contributed by atoms with E-state index in [1.165, 1.54) is 0 Å². The Labute approximate surface area is 95.1 Å². The minimum absolute atomic E-state index is 0.252. The van der Waals surface area contributed by atoms with E-state index in [9.17, 15) is 0 Å². The molecule has 0 saturated heterocycles. The van der Waals surface area contributed by atoms with E-state index in [0.29, 0.717) is 0 Å². The Kier molecular flexibility index (Phi) is 4.73. The fourth-order valence-electron chi connectivity index (χ4n) is 1.01. The number of benzene rings is 1. The normalized spacial score (nSPS) is 8.81. The highest BCUT2D eigenvalue weighted by atomic mass is 16.3. The molecular formula is C13H14N2O. The summed E-state index contributed by atoms with van der Waals surface area (Å²) in [5.74, 6) is 0.252. The van der Waals surface area contributed by atoms with Gasteiger partial charge in [0.15, 0.2) is 0 Å². The number of aryl methyl sites for hydroxylation is 1. The first kappa shape index (κ1) is 11.9. The number of rotatable bonds is 1. The zero-order chi connectivity index (χ0) is 11.8. The van der Waals surface area contributed by atoms with Crippen LogP contribution in [0.2, 0.25) is 0 Å². The first-order valence-electron chi connectivity index (χ1n) is 4.86. The van der Waals surface area contributed by atoms with E-state index < -0.39 is 0 Å². The van der Waals surface area contributed by atoms with Gasteiger partial charge in [-0.2, -0.15) is 0 Å². The predicted molar refractivity (Wildman–Crippen MR) is 66.3 cm³/mol. The van der Waals surface area contributed by atoms with Crippen LogP contribution in [0.15, 0.2) is 53.7 Å². The third kappa shape index (κ3) is 4.37. The lowest BCUT2D eigenvalue weighted by atomic mass is 10.3. The van der Waals surface area contributed by atoms with Crippen molar-refractivity contribution in [1.82, 2.24) is 4.98 Å². The second-order valence-corrected chi connectivity index (χ2v) is 3.15. The van der Waals surface area contributed by atoms with Gasteiger partial charge in [0.2, 0.25) is 0 Å². The fraction of sp³-hybridized carbons (Fsp3) is 0.0769. The van der Waals surface area contributed by atoms with Gasteiger partial charge in [-0.25, -0.2) is 0 Å². The van der Waals surface area contributed by atoms with Crippen LogP contribution < -0.4 is 0 Å². The zero-order valence-electron chi connectivity index (χ0n) is 9.17. The summed E-state index contributed by atoms with van der Waals surface area (Å²) in [6.45, 7) is 5.30. The molecule has 0 aliphatic heterocycles. The molecule has 0 atom stereocenters. The molecule has 1 N–H and O–H groups in total. The molecule has 82 valence electrons. The van der Waals surface area contributed by atoms with Gasteiger partial charge in [-0.3, -0.25) is 9.98 Å². The first-order valence-corrected chi connectivity index (χ1v) is 4.86. The summed E-state index contributed by atoms with van der Waals surface area (Å²) in [7, 11) is 0. The number of nitrogens with zero attached hydrogens (tertiary/aromatic N) is 2. The highest BCUT2D eigenvalue weighted by molar-refractivity contribution is 5.46. The van der Waals surface area contributed by atoms with Crippen molar-refractivity contribution in [3.05, 3.63) is 54.4 Å². The molecule has 0 saturated carbocycles. The van der Waals surface area contributed by atoms with Crippen molar-refractivity contribution in [1.29, 1.82) is 0 Å². The van der Waals surface area contributed by atoms with Crippen molar-refractivity contribution in [3.8, 4) is 5.75 Å². The van der Waals surface area contributed by atoms with Crippen LogP contribution >= 0.6 is 0 Å². The lowest BCUT2D eigenvalue weighted by Crippen LogP contribution is -1.72. The maximum atomic E-state index is 8.79. The van der Waals surface area contributed by atoms with Crippen LogP contribution in [0.25, 0.3) is 0 Å². The van der Waals surface area contributed by atoms with E-state index in [2.05, 4.69) is 16.7 Å². The van der Waals surface area contributed by atoms with Crippen molar-refractivity contribution >= 4 is 12.4 Å². The molecule has 3 nitrogen and oxygen atoms in total. The largest absolute Gasteiger partial charge is 0.508 e. The Morgan fingerprint density at radius 1 is 1.12 bits per heavy atom. The number of pyridine rings is 1. The van der Waals surface area contributed by atoms with Crippen LogP contribution in [0.3, 0.4) is 0 Å². The second-order valence-electron chi connectivity index (χ2n) is 3.15. The third-order valence-electron chi connectivity index (χ3n) is 1.85. The van der Waals surface area contributed by atoms with Crippen molar-refractivity contribution in [3.63, 3.8) is 0 Å². The van der Waals surface area contributed by atoms with Crippen LogP contribution in [0.5, 0.6) is 5.75 Å². The highest BCUT2D eigenvalue weighted by Crippen LogP contribution is 2.15. The van der Waals surface area contributed by atoms with E-state index in [-0.39, 0.29) is 5.75 Å². The summed E-state index contributed by atoms with van der Waals surface area (Å²) in [5, 5.41) is 8.79. The molecule has 1 aromatic heterocycles. The lowest BCUT2D eigenvalue weighted by Gasteiger charge is -1.90. The van der Waals surface area contributed by atoms with Gasteiger partial charge in [-0.15, -0.1) is 0 Å². The summed E-state index contributed by atoms with van der Waals surface area (Å²) >= 11 is 0. The molecule has 0 aliphatic carbocycles. The van der Waals surface area contributed by atoms with Gasteiger partial charge in [-0.05, 0) is 50.0 Å². The second kappa shape index (κ2) is 6.35. The van der Waals surface area contributed by atoms with Gasteiger partial charge in [0, 0.05) is 11.9 Å². The standard InChI is InChI=1S/C7H7NO.C6H7N/c1-8-6-2-4-7(9)5-3-6;1-6-4-2-3-5-7-6/h2-5,9H,1H2;2-5H,1H3. The quantitative estimate of drug-likeness (QED) is 0.741. The molecule has 0 fully saturated rings. The summed E-state index contributed by atoms with van der Waals surface area (Å²) in [5.41, 5.74) is 1.84. The van der Waals surface area contributed by atoms with E-state index in [1.54, 1.807) is 30.5 Å². The number of aromatic hydroxyl groups is 1. The predicted octanol–water partition coefficient (Wildman–Crippen LogP) is 3.11. The SMILES string of the molecule is C=Nc1ccc(O)cc1.Cc1ccccn1. The van der Waals surface area contributed by atoms with Gasteiger partial charge >= 0.3 is 0 Å². The molecule has 0 aliphatic rings. The van der Waals surface area contributed by atoms with E-state index in [1.807, 2.05) is 25.1 Å². The molecule has 3 heteroatoms. The molecule has 2 rings (SSSR count). The summed E-state index contributed by atoms with van der Waals surface area (Å²) in [6.07, 6.45) is 1.79. The number of aromatic nitrogens is 1. The molecule has 0 bridgehead atoms. The van der Waals surface area contributed by atoms with Crippen LogP contribution in [0, 0.1) is 6.92 Å². The third-order valence-corrected chi connectivity index (χ3v) is 1.85. The van der Waals surface area contributed by atoms with Crippen LogP contribution in [0.4, 0.5) is 5.69 Å². The van der Waals surface area contributed by atoms with Gasteiger partial charge < -0.3 is 5.11 Å². The fourth-order valence-corrected chi connectivity index (χ4v) is 1.01. The molecule has 1 heterocycles. The van der Waals surface area contributed by atoms with Crippen molar-refractivity contribution < 1.29 is 5.11 Å². The van der Waals surface area contributed by atoms with Gasteiger partial charge in [0.1, 0.15) is 5.75 Å². The maximum absolute atomic E-state index is 8.79. The highest BCUT2D eigenvalue weighted by Gasteiger charge is 1.85. The Morgan fingerprint density at radius 2 is 1.81 bits per heavy atom. The van der Waals surface area contributed by atoms with Crippen LogP contribution in [-0.4, -0.2) is 16.8 Å².